The van der Waals surface area contributed by atoms with E-state index in [1.165, 1.54) is 6.42 Å². The largest absolute Gasteiger partial charge is 0.479 e. The fourth-order valence-corrected chi connectivity index (χ4v) is 1.89. The van der Waals surface area contributed by atoms with Crippen molar-refractivity contribution in [2.75, 3.05) is 6.61 Å². The quantitative estimate of drug-likeness (QED) is 0.625. The molecule has 1 fully saturated rings. The molecule has 1 aliphatic carbocycles. The van der Waals surface area contributed by atoms with Gasteiger partial charge in [-0.2, -0.15) is 0 Å². The molecule has 92 valence electrons. The van der Waals surface area contributed by atoms with E-state index in [0.29, 0.717) is 5.92 Å². The molecule has 3 N–H and O–H groups in total. The van der Waals surface area contributed by atoms with E-state index >= 15 is 0 Å². The molecule has 0 spiro atoms. The highest BCUT2D eigenvalue weighted by atomic mass is 16.7. The van der Waals surface area contributed by atoms with E-state index in [1.807, 2.05) is 0 Å². The Balaban J connectivity index is 2.19. The first kappa shape index (κ1) is 12.8. The first-order valence-corrected chi connectivity index (χ1v) is 5.49. The number of hydrogen-bond acceptors (Lipinski definition) is 3. The van der Waals surface area contributed by atoms with Crippen molar-refractivity contribution in [3.63, 3.8) is 0 Å². The minimum absolute atomic E-state index is 0.155. The lowest BCUT2D eigenvalue weighted by atomic mass is 9.86. The molecule has 2 atom stereocenters. The van der Waals surface area contributed by atoms with E-state index in [4.69, 9.17) is 5.11 Å². The zero-order valence-corrected chi connectivity index (χ0v) is 9.36. The molecule has 0 aromatic carbocycles. The van der Waals surface area contributed by atoms with Crippen molar-refractivity contribution in [3.05, 3.63) is 0 Å². The number of urea groups is 1. The monoisotopic (exact) mass is 230 g/mol. The third kappa shape index (κ3) is 4.48. The van der Waals surface area contributed by atoms with Crippen molar-refractivity contribution >= 4 is 12.0 Å². The van der Waals surface area contributed by atoms with Crippen LogP contribution in [0.4, 0.5) is 4.79 Å². The highest BCUT2D eigenvalue weighted by Gasteiger charge is 2.22. The third-order valence-electron chi connectivity index (χ3n) is 2.79. The molecule has 0 saturated heterocycles. The maximum Gasteiger partial charge on any atom is 0.338 e. The van der Waals surface area contributed by atoms with Crippen molar-refractivity contribution in [1.82, 2.24) is 10.8 Å². The number of amides is 2. The molecule has 1 aliphatic rings. The Bertz CT molecular complexity index is 257. The predicted octanol–water partition coefficient (Wildman–Crippen LogP) is 0.880. The van der Waals surface area contributed by atoms with Crippen LogP contribution < -0.4 is 10.8 Å². The van der Waals surface area contributed by atoms with E-state index in [2.05, 4.69) is 22.6 Å². The molecule has 0 heterocycles. The van der Waals surface area contributed by atoms with Crippen LogP contribution >= 0.6 is 0 Å². The summed E-state index contributed by atoms with van der Waals surface area (Å²) in [6, 6.07) is -0.317. The molecule has 0 aliphatic heterocycles. The van der Waals surface area contributed by atoms with Crippen molar-refractivity contribution in [1.29, 1.82) is 0 Å². The smallest absolute Gasteiger partial charge is 0.338 e. The summed E-state index contributed by atoms with van der Waals surface area (Å²) < 4.78 is 0. The van der Waals surface area contributed by atoms with Gasteiger partial charge in [0.05, 0.1) is 0 Å². The van der Waals surface area contributed by atoms with Crippen LogP contribution in [0.15, 0.2) is 0 Å². The Kier molecular flexibility index (Phi) is 5.04. The Labute approximate surface area is 94.3 Å². The number of carbonyl (C=O) groups excluding carboxylic acids is 1. The lowest BCUT2D eigenvalue weighted by Crippen LogP contribution is -2.46. The van der Waals surface area contributed by atoms with E-state index in [-0.39, 0.29) is 6.04 Å². The Morgan fingerprint density at radius 2 is 2.06 bits per heavy atom. The number of carboxylic acids is 1. The maximum absolute atomic E-state index is 11.3. The third-order valence-corrected chi connectivity index (χ3v) is 2.79. The van der Waals surface area contributed by atoms with Gasteiger partial charge in [-0.15, -0.1) is 0 Å². The Morgan fingerprint density at radius 1 is 1.38 bits per heavy atom. The molecule has 1 rings (SSSR count). The SMILES string of the molecule is CC1CCCCC1NC(=O)NOCC(=O)O. The fraction of sp³-hybridized carbons (Fsp3) is 0.800. The van der Waals surface area contributed by atoms with Gasteiger partial charge in [-0.25, -0.2) is 15.1 Å². The molecule has 6 heteroatoms. The van der Waals surface area contributed by atoms with E-state index in [1.54, 1.807) is 0 Å². The molecular weight excluding hydrogens is 212 g/mol. The number of rotatable bonds is 4. The molecule has 0 aromatic rings. The van der Waals surface area contributed by atoms with Gasteiger partial charge in [0.15, 0.2) is 6.61 Å². The molecule has 0 radical (unpaired) electrons. The van der Waals surface area contributed by atoms with E-state index in [0.717, 1.165) is 19.3 Å². The standard InChI is InChI=1S/C10H18N2O4/c1-7-4-2-3-5-8(7)11-10(15)12-16-6-9(13)14/h7-8H,2-6H2,1H3,(H,13,14)(H2,11,12,15). The second-order valence-electron chi connectivity index (χ2n) is 4.13. The van der Waals surface area contributed by atoms with Crippen LogP contribution in [0.5, 0.6) is 0 Å². The van der Waals surface area contributed by atoms with Gasteiger partial charge in [0.2, 0.25) is 0 Å². The summed E-state index contributed by atoms with van der Waals surface area (Å²) in [5, 5.41) is 11.1. The second-order valence-corrected chi connectivity index (χ2v) is 4.13. The average molecular weight is 230 g/mol. The van der Waals surface area contributed by atoms with Gasteiger partial charge in [0.25, 0.3) is 0 Å². The maximum atomic E-state index is 11.3. The summed E-state index contributed by atoms with van der Waals surface area (Å²) >= 11 is 0. The molecule has 2 amide bonds. The van der Waals surface area contributed by atoms with Gasteiger partial charge in [-0.3, -0.25) is 4.84 Å². The molecule has 6 nitrogen and oxygen atoms in total. The van der Waals surface area contributed by atoms with E-state index in [9.17, 15) is 9.59 Å². The van der Waals surface area contributed by atoms with Crippen molar-refractivity contribution < 1.29 is 19.5 Å². The summed E-state index contributed by atoms with van der Waals surface area (Å²) in [7, 11) is 0. The van der Waals surface area contributed by atoms with Gasteiger partial charge >= 0.3 is 12.0 Å². The molecular formula is C10H18N2O4. The predicted molar refractivity (Wildman–Crippen MR) is 56.7 cm³/mol. The zero-order valence-electron chi connectivity index (χ0n) is 9.36. The van der Waals surface area contributed by atoms with Gasteiger partial charge in [0, 0.05) is 6.04 Å². The van der Waals surface area contributed by atoms with Crippen LogP contribution in [0.1, 0.15) is 32.6 Å². The van der Waals surface area contributed by atoms with E-state index < -0.39 is 18.6 Å². The van der Waals surface area contributed by atoms with Crippen molar-refractivity contribution in [3.8, 4) is 0 Å². The highest BCUT2D eigenvalue weighted by molar-refractivity contribution is 5.73. The highest BCUT2D eigenvalue weighted by Crippen LogP contribution is 2.23. The van der Waals surface area contributed by atoms with Crippen LogP contribution in [0, 0.1) is 5.92 Å². The average Bonchev–Trinajstić information content (AvgIpc) is 2.21. The minimum Gasteiger partial charge on any atom is -0.479 e. The Morgan fingerprint density at radius 3 is 2.69 bits per heavy atom. The summed E-state index contributed by atoms with van der Waals surface area (Å²) in [6.45, 7) is 1.57. The Hall–Kier alpha value is -1.30. The molecule has 1 saturated carbocycles. The first-order chi connectivity index (χ1) is 7.59. The van der Waals surface area contributed by atoms with Crippen LogP contribution in [-0.2, 0) is 9.63 Å². The lowest BCUT2D eigenvalue weighted by molar-refractivity contribution is -0.144. The lowest BCUT2D eigenvalue weighted by Gasteiger charge is -2.29. The van der Waals surface area contributed by atoms with Crippen LogP contribution in [-0.4, -0.2) is 29.8 Å². The van der Waals surface area contributed by atoms with Crippen molar-refractivity contribution in [2.24, 2.45) is 5.92 Å². The number of hydroxylamine groups is 1. The summed E-state index contributed by atoms with van der Waals surface area (Å²) in [5.74, 6) is -0.662. The fourth-order valence-electron chi connectivity index (χ4n) is 1.89. The van der Waals surface area contributed by atoms with Crippen LogP contribution in [0.25, 0.3) is 0 Å². The molecule has 16 heavy (non-hydrogen) atoms. The molecule has 2 unspecified atom stereocenters. The van der Waals surface area contributed by atoms with Gasteiger partial charge in [0.1, 0.15) is 0 Å². The summed E-state index contributed by atoms with van der Waals surface area (Å²) in [6.07, 6.45) is 4.40. The second kappa shape index (κ2) is 6.32. The number of carboxylic acid groups (broad SMARTS) is 1. The molecule has 0 aromatic heterocycles. The van der Waals surface area contributed by atoms with Gasteiger partial charge in [-0.05, 0) is 18.8 Å². The summed E-state index contributed by atoms with van der Waals surface area (Å²) in [5.41, 5.74) is 2.05. The number of hydrogen-bond donors (Lipinski definition) is 3. The van der Waals surface area contributed by atoms with Gasteiger partial charge < -0.3 is 10.4 Å². The minimum atomic E-state index is -1.12. The first-order valence-electron chi connectivity index (χ1n) is 5.49. The number of carbonyl (C=O) groups is 2. The topological polar surface area (TPSA) is 87.7 Å². The van der Waals surface area contributed by atoms with Crippen molar-refractivity contribution in [2.45, 2.75) is 38.6 Å². The number of aliphatic carboxylic acids is 1. The van der Waals surface area contributed by atoms with Gasteiger partial charge in [-0.1, -0.05) is 19.8 Å². The summed E-state index contributed by atoms with van der Waals surface area (Å²) in [4.78, 5) is 25.9. The van der Waals surface area contributed by atoms with Crippen LogP contribution in [0.3, 0.4) is 0 Å². The number of nitrogens with one attached hydrogen (secondary N) is 2. The molecule has 0 bridgehead atoms. The normalized spacial score (nSPS) is 24.8. The zero-order chi connectivity index (χ0) is 12.0. The van der Waals surface area contributed by atoms with Crippen LogP contribution in [0.2, 0.25) is 0 Å².